The molecule has 2 nitrogen and oxygen atoms in total. The molecule has 3 rings (SSSR count). The minimum atomic E-state index is -3.52. The zero-order valence-electron chi connectivity index (χ0n) is 15.9. The van der Waals surface area contributed by atoms with Crippen molar-refractivity contribution in [1.82, 2.24) is 0 Å². The van der Waals surface area contributed by atoms with Gasteiger partial charge >= 0.3 is 6.11 Å². The van der Waals surface area contributed by atoms with Gasteiger partial charge < -0.3 is 9.47 Å². The van der Waals surface area contributed by atoms with E-state index >= 15 is 0 Å². The molecule has 0 bridgehead atoms. The highest BCUT2D eigenvalue weighted by molar-refractivity contribution is 5.35. The number of halogens is 4. The van der Waals surface area contributed by atoms with Gasteiger partial charge in [0.05, 0.1) is 13.0 Å². The fourth-order valence-corrected chi connectivity index (χ4v) is 4.66. The van der Waals surface area contributed by atoms with E-state index in [1.165, 1.54) is 32.8 Å². The molecule has 2 fully saturated rings. The van der Waals surface area contributed by atoms with Crippen LogP contribution in [0.15, 0.2) is 12.1 Å². The van der Waals surface area contributed by atoms with Gasteiger partial charge in [-0.1, -0.05) is 27.2 Å². The van der Waals surface area contributed by atoms with Gasteiger partial charge in [0.15, 0.2) is 11.5 Å². The van der Waals surface area contributed by atoms with Gasteiger partial charge in [0.1, 0.15) is 0 Å². The van der Waals surface area contributed by atoms with E-state index in [9.17, 15) is 17.6 Å². The molecule has 0 heterocycles. The molecule has 2 saturated carbocycles. The van der Waals surface area contributed by atoms with Crippen LogP contribution in [0.25, 0.3) is 0 Å². The van der Waals surface area contributed by atoms with Gasteiger partial charge in [-0.05, 0) is 68.4 Å². The number of methoxy groups -OCH3 is 1. The molecule has 0 aromatic heterocycles. The van der Waals surface area contributed by atoms with Gasteiger partial charge in [-0.15, -0.1) is 0 Å². The third-order valence-electron chi connectivity index (χ3n) is 6.45. The average Bonchev–Trinajstić information content (AvgIpc) is 2.66. The van der Waals surface area contributed by atoms with Gasteiger partial charge in [0.25, 0.3) is 0 Å². The first-order valence-corrected chi connectivity index (χ1v) is 9.90. The summed E-state index contributed by atoms with van der Waals surface area (Å²) >= 11 is 0. The van der Waals surface area contributed by atoms with Crippen molar-refractivity contribution in [3.63, 3.8) is 0 Å². The van der Waals surface area contributed by atoms with E-state index in [0.29, 0.717) is 24.7 Å². The topological polar surface area (TPSA) is 18.5 Å². The second-order valence-corrected chi connectivity index (χ2v) is 8.19. The Morgan fingerprint density at radius 2 is 1.32 bits per heavy atom. The van der Waals surface area contributed by atoms with Gasteiger partial charge in [0, 0.05) is 2.85 Å². The summed E-state index contributed by atoms with van der Waals surface area (Å²) < 4.78 is 66.1. The standard InChI is InChI=1S/C21H28F4O2.CH4.2H2/c1-13-3-5-14(6-4-13)15-7-9-16(10-8-15)21(24,25)27-18-12-11-17(26-2)19(22)20(18)23;;;/h11-16H,3-10H2,1-2H3;1H4;2*1H. The maximum Gasteiger partial charge on any atom is 0.400 e. The van der Waals surface area contributed by atoms with E-state index in [2.05, 4.69) is 16.4 Å². The van der Waals surface area contributed by atoms with Crippen molar-refractivity contribution < 1.29 is 29.9 Å². The van der Waals surface area contributed by atoms with Crippen LogP contribution < -0.4 is 9.47 Å². The van der Waals surface area contributed by atoms with Crippen molar-refractivity contribution in [2.75, 3.05) is 7.11 Å². The minimum absolute atomic E-state index is 0. The maximum atomic E-state index is 14.6. The van der Waals surface area contributed by atoms with E-state index in [4.69, 9.17) is 0 Å². The Bertz CT molecular complexity index is 644. The Balaban J connectivity index is 0.00000280. The Morgan fingerprint density at radius 3 is 1.86 bits per heavy atom. The van der Waals surface area contributed by atoms with Gasteiger partial charge in [-0.25, -0.2) is 0 Å². The van der Waals surface area contributed by atoms with Crippen molar-refractivity contribution in [2.45, 2.75) is 71.8 Å². The van der Waals surface area contributed by atoms with Gasteiger partial charge in [-0.3, -0.25) is 0 Å². The summed E-state index contributed by atoms with van der Waals surface area (Å²) in [6.07, 6.45) is 3.53. The molecule has 0 N–H and O–H groups in total. The first-order valence-electron chi connectivity index (χ1n) is 9.90. The third kappa shape index (κ3) is 4.93. The number of hydrogen-bond acceptors (Lipinski definition) is 2. The number of benzene rings is 1. The summed E-state index contributed by atoms with van der Waals surface area (Å²) in [5.41, 5.74) is 0. The second-order valence-electron chi connectivity index (χ2n) is 8.19. The molecule has 0 unspecified atom stereocenters. The first-order chi connectivity index (χ1) is 12.8. The van der Waals surface area contributed by atoms with E-state index in [-0.39, 0.29) is 16.0 Å². The summed E-state index contributed by atoms with van der Waals surface area (Å²) in [4.78, 5) is 0. The molecule has 2 aliphatic rings. The smallest absolute Gasteiger partial charge is 0.400 e. The Kier molecular flexibility index (Phi) is 7.63. The predicted octanol–water partition coefficient (Wildman–Crippen LogP) is 7.71. The lowest BCUT2D eigenvalue weighted by Crippen LogP contribution is -2.38. The van der Waals surface area contributed by atoms with Crippen LogP contribution in [0.4, 0.5) is 17.6 Å². The van der Waals surface area contributed by atoms with E-state index in [0.717, 1.165) is 30.9 Å². The summed E-state index contributed by atoms with van der Waals surface area (Å²) in [6.45, 7) is 2.27. The molecule has 1 aromatic carbocycles. The van der Waals surface area contributed by atoms with E-state index in [1.807, 2.05) is 0 Å². The van der Waals surface area contributed by atoms with Gasteiger partial charge in [0.2, 0.25) is 11.6 Å². The van der Waals surface area contributed by atoms with Crippen molar-refractivity contribution in [3.8, 4) is 11.5 Å². The predicted molar refractivity (Wildman–Crippen MR) is 106 cm³/mol. The number of rotatable bonds is 5. The van der Waals surface area contributed by atoms with Crippen molar-refractivity contribution in [1.29, 1.82) is 0 Å². The van der Waals surface area contributed by atoms with Crippen LogP contribution >= 0.6 is 0 Å². The molecular weight excluding hydrogens is 372 g/mol. The van der Waals surface area contributed by atoms with Crippen LogP contribution in [0, 0.1) is 35.3 Å². The summed E-state index contributed by atoms with van der Waals surface area (Å²) in [7, 11) is 1.18. The molecule has 28 heavy (non-hydrogen) atoms. The zero-order chi connectivity index (χ0) is 19.6. The molecule has 1 aromatic rings. The summed E-state index contributed by atoms with van der Waals surface area (Å²) in [5, 5.41) is 0. The molecule has 0 radical (unpaired) electrons. The minimum Gasteiger partial charge on any atom is -0.494 e. The second kappa shape index (κ2) is 9.36. The highest BCUT2D eigenvalue weighted by Gasteiger charge is 2.45. The van der Waals surface area contributed by atoms with Crippen molar-refractivity contribution in [3.05, 3.63) is 23.8 Å². The normalized spacial score (nSPS) is 28.4. The molecule has 164 valence electrons. The Hall–Kier alpha value is -1.46. The van der Waals surface area contributed by atoms with Gasteiger partial charge in [-0.2, -0.15) is 17.6 Å². The Morgan fingerprint density at radius 1 is 0.857 bits per heavy atom. The number of ether oxygens (including phenoxy) is 2. The highest BCUT2D eigenvalue weighted by Crippen LogP contribution is 2.45. The Labute approximate surface area is 168 Å². The summed E-state index contributed by atoms with van der Waals surface area (Å²) in [5.74, 6) is -2.94. The lowest BCUT2D eigenvalue weighted by Gasteiger charge is -2.38. The van der Waals surface area contributed by atoms with Crippen LogP contribution in [0.5, 0.6) is 11.5 Å². The SMILES string of the molecule is C.COc1ccc(OC(F)(F)C2CCC(C3CCC(C)CC3)CC2)c(F)c1F.[HH].[HH]. The molecule has 0 aliphatic heterocycles. The fourth-order valence-electron chi connectivity index (χ4n) is 4.66. The zero-order valence-corrected chi connectivity index (χ0v) is 15.9. The largest absolute Gasteiger partial charge is 0.494 e. The first kappa shape index (κ1) is 22.8. The van der Waals surface area contributed by atoms with Crippen molar-refractivity contribution >= 4 is 0 Å². The highest BCUT2D eigenvalue weighted by atomic mass is 19.3. The van der Waals surface area contributed by atoms with Crippen LogP contribution in [-0.2, 0) is 0 Å². The van der Waals surface area contributed by atoms with Crippen LogP contribution in [0.1, 0.15) is 68.6 Å². The molecule has 0 atom stereocenters. The molecule has 0 spiro atoms. The van der Waals surface area contributed by atoms with Crippen molar-refractivity contribution in [2.24, 2.45) is 23.7 Å². The lowest BCUT2D eigenvalue weighted by molar-refractivity contribution is -0.225. The van der Waals surface area contributed by atoms with E-state index < -0.39 is 29.4 Å². The molecule has 2 aliphatic carbocycles. The molecule has 0 amide bonds. The lowest BCUT2D eigenvalue weighted by atomic mass is 9.69. The monoisotopic (exact) mass is 408 g/mol. The van der Waals surface area contributed by atoms with Crippen LogP contribution in [0.2, 0.25) is 0 Å². The molecule has 6 heteroatoms. The third-order valence-corrected chi connectivity index (χ3v) is 6.45. The maximum absolute atomic E-state index is 14.6. The number of alkyl halides is 2. The van der Waals surface area contributed by atoms with E-state index in [1.54, 1.807) is 0 Å². The van der Waals surface area contributed by atoms with Crippen LogP contribution in [0.3, 0.4) is 0 Å². The fraction of sp³-hybridized carbons (Fsp3) is 0.727. The number of hydrogen-bond donors (Lipinski definition) is 0. The summed E-state index contributed by atoms with van der Waals surface area (Å²) in [6, 6.07) is 2.07. The average molecular weight is 409 g/mol. The quantitative estimate of drug-likeness (QED) is 0.465. The molecule has 0 saturated heterocycles. The van der Waals surface area contributed by atoms with Crippen LogP contribution in [-0.4, -0.2) is 13.2 Å². The molecular formula is C22H36F4O2.